The van der Waals surface area contributed by atoms with Crippen LogP contribution in [0.15, 0.2) is 46.9 Å². The number of amides is 2. The first kappa shape index (κ1) is 32.8. The lowest BCUT2D eigenvalue weighted by Crippen LogP contribution is -2.36. The summed E-state index contributed by atoms with van der Waals surface area (Å²) in [6.45, 7) is 7.21. The fourth-order valence-corrected chi connectivity index (χ4v) is 6.62. The van der Waals surface area contributed by atoms with Crippen molar-refractivity contribution in [2.24, 2.45) is 0 Å². The highest BCUT2D eigenvalue weighted by molar-refractivity contribution is 9.10. The molecule has 8 heteroatoms. The Morgan fingerprint density at radius 2 is 1.72 bits per heavy atom. The highest BCUT2D eigenvalue weighted by Crippen LogP contribution is 2.30. The Morgan fingerprint density at radius 1 is 0.977 bits per heavy atom. The second-order valence-corrected chi connectivity index (χ2v) is 12.5. The van der Waals surface area contributed by atoms with Crippen LogP contribution in [0.1, 0.15) is 85.3 Å². The fourth-order valence-electron chi connectivity index (χ4n) is 6.12. The molecule has 4 N–H and O–H groups in total. The second-order valence-electron chi connectivity index (χ2n) is 11.7. The normalized spacial score (nSPS) is 13.8. The van der Waals surface area contributed by atoms with Crippen LogP contribution in [-0.4, -0.2) is 49.5 Å². The summed E-state index contributed by atoms with van der Waals surface area (Å²) in [6.07, 6.45) is 9.37. The largest absolute Gasteiger partial charge is 0.497 e. The summed E-state index contributed by atoms with van der Waals surface area (Å²) in [7, 11) is 1.66. The molecule has 0 unspecified atom stereocenters. The molecule has 1 aliphatic carbocycles. The monoisotopic (exact) mass is 650 g/mol. The lowest BCUT2D eigenvalue weighted by Gasteiger charge is -2.34. The van der Waals surface area contributed by atoms with Crippen molar-refractivity contribution in [3.63, 3.8) is 0 Å². The predicted octanol–water partition coefficient (Wildman–Crippen LogP) is 6.92. The van der Waals surface area contributed by atoms with E-state index in [0.29, 0.717) is 36.8 Å². The van der Waals surface area contributed by atoms with Crippen LogP contribution in [0, 0.1) is 6.92 Å². The number of hydrogen-bond donors (Lipinski definition) is 3. The number of carbonyl (C=O) groups is 2. The molecule has 0 atom stereocenters. The van der Waals surface area contributed by atoms with Crippen LogP contribution in [0.5, 0.6) is 5.75 Å². The van der Waals surface area contributed by atoms with Gasteiger partial charge >= 0.3 is 0 Å². The highest BCUT2D eigenvalue weighted by atomic mass is 79.9. The Morgan fingerprint density at radius 3 is 2.44 bits per heavy atom. The van der Waals surface area contributed by atoms with Crippen molar-refractivity contribution in [1.82, 2.24) is 15.5 Å². The molecule has 0 spiro atoms. The standard InChI is InChI=1S/C35H47BrN4O3/c1-4-40(29-11-7-5-8-12-29)23-28-19-27(21-32(36)34(28)37)35(42)39-18-10-6-9-17-38-33(41)22-25-13-14-26-20-30(43-3)15-16-31(26)24(25)2/h13-16,19-21,29H,4-12,17-18,22-23,37H2,1-3H3,(H,38,41)(H,39,42). The summed E-state index contributed by atoms with van der Waals surface area (Å²) < 4.78 is 6.09. The Balaban J connectivity index is 1.18. The van der Waals surface area contributed by atoms with Crippen molar-refractivity contribution < 1.29 is 14.3 Å². The average Bonchev–Trinajstić information content (AvgIpc) is 3.02. The van der Waals surface area contributed by atoms with Gasteiger partial charge in [-0.15, -0.1) is 0 Å². The number of ether oxygens (including phenoxy) is 1. The number of anilines is 1. The molecule has 2 amide bonds. The van der Waals surface area contributed by atoms with Gasteiger partial charge in [0.15, 0.2) is 0 Å². The van der Waals surface area contributed by atoms with E-state index in [2.05, 4.69) is 45.3 Å². The van der Waals surface area contributed by atoms with Crippen LogP contribution in [0.25, 0.3) is 10.8 Å². The van der Waals surface area contributed by atoms with Crippen molar-refractivity contribution >= 4 is 44.2 Å². The summed E-state index contributed by atoms with van der Waals surface area (Å²) in [4.78, 5) is 28.0. The topological polar surface area (TPSA) is 96.7 Å². The molecule has 1 aliphatic rings. The number of carbonyl (C=O) groups excluding carboxylic acids is 2. The number of aryl methyl sites for hydroxylation is 1. The van der Waals surface area contributed by atoms with Crippen LogP contribution in [0.2, 0.25) is 0 Å². The van der Waals surface area contributed by atoms with Gasteiger partial charge in [0.2, 0.25) is 5.91 Å². The molecule has 0 radical (unpaired) electrons. The number of halogens is 1. The number of nitrogens with one attached hydrogen (secondary N) is 2. The molecule has 1 saturated carbocycles. The highest BCUT2D eigenvalue weighted by Gasteiger charge is 2.22. The number of rotatable bonds is 14. The zero-order chi connectivity index (χ0) is 30.8. The molecule has 1 fully saturated rings. The number of nitrogens with two attached hydrogens (primary N) is 1. The first-order valence-corrected chi connectivity index (χ1v) is 16.5. The summed E-state index contributed by atoms with van der Waals surface area (Å²) in [5.41, 5.74) is 10.9. The molecule has 0 aliphatic heterocycles. The van der Waals surface area contributed by atoms with Gasteiger partial charge in [-0.25, -0.2) is 0 Å². The molecule has 0 saturated heterocycles. The van der Waals surface area contributed by atoms with Crippen molar-refractivity contribution in [2.75, 3.05) is 32.5 Å². The van der Waals surface area contributed by atoms with Crippen molar-refractivity contribution in [2.45, 2.75) is 84.2 Å². The number of methoxy groups -OCH3 is 1. The van der Waals surface area contributed by atoms with E-state index in [1.807, 2.05) is 42.5 Å². The van der Waals surface area contributed by atoms with Gasteiger partial charge in [0.1, 0.15) is 5.75 Å². The first-order chi connectivity index (χ1) is 20.8. The summed E-state index contributed by atoms with van der Waals surface area (Å²) >= 11 is 3.57. The van der Waals surface area contributed by atoms with E-state index in [-0.39, 0.29) is 11.8 Å². The summed E-state index contributed by atoms with van der Waals surface area (Å²) in [5, 5.41) is 8.34. The Hall–Kier alpha value is -3.10. The zero-order valence-corrected chi connectivity index (χ0v) is 27.5. The molecule has 232 valence electrons. The number of nitrogens with zero attached hydrogens (tertiary/aromatic N) is 1. The average molecular weight is 652 g/mol. The van der Waals surface area contributed by atoms with Gasteiger partial charge in [0.25, 0.3) is 5.91 Å². The maximum Gasteiger partial charge on any atom is 0.251 e. The third-order valence-electron chi connectivity index (χ3n) is 8.77. The van der Waals surface area contributed by atoms with E-state index in [9.17, 15) is 9.59 Å². The third-order valence-corrected chi connectivity index (χ3v) is 9.42. The summed E-state index contributed by atoms with van der Waals surface area (Å²) in [5.74, 6) is 0.771. The molecular weight excluding hydrogens is 604 g/mol. The van der Waals surface area contributed by atoms with Gasteiger partial charge in [-0.1, -0.05) is 44.4 Å². The molecule has 43 heavy (non-hydrogen) atoms. The van der Waals surface area contributed by atoms with Crippen LogP contribution < -0.4 is 21.1 Å². The first-order valence-electron chi connectivity index (χ1n) is 15.7. The van der Waals surface area contributed by atoms with Crippen LogP contribution in [0.3, 0.4) is 0 Å². The third kappa shape index (κ3) is 8.96. The second kappa shape index (κ2) is 16.1. The van der Waals surface area contributed by atoms with Gasteiger partial charge in [-0.3, -0.25) is 14.5 Å². The molecule has 3 aromatic carbocycles. The number of fused-ring (bicyclic) bond motifs is 1. The predicted molar refractivity (Wildman–Crippen MR) is 180 cm³/mol. The molecule has 0 heterocycles. The quantitative estimate of drug-likeness (QED) is 0.130. The minimum atomic E-state index is -0.0832. The maximum absolute atomic E-state index is 13.0. The minimum absolute atomic E-state index is 0.0270. The van der Waals surface area contributed by atoms with Gasteiger partial charge in [0.05, 0.1) is 19.2 Å². The Kier molecular flexibility index (Phi) is 12.3. The molecule has 0 bridgehead atoms. The van der Waals surface area contributed by atoms with E-state index in [1.54, 1.807) is 7.11 Å². The van der Waals surface area contributed by atoms with Gasteiger partial charge < -0.3 is 21.1 Å². The lowest BCUT2D eigenvalue weighted by atomic mass is 9.93. The molecular formula is C35H47BrN4O3. The van der Waals surface area contributed by atoms with Crippen molar-refractivity contribution in [3.05, 3.63) is 69.2 Å². The fraction of sp³-hybridized carbons (Fsp3) is 0.486. The molecule has 0 aromatic heterocycles. The number of hydrogen-bond acceptors (Lipinski definition) is 5. The minimum Gasteiger partial charge on any atom is -0.497 e. The van der Waals surface area contributed by atoms with Crippen LogP contribution in [-0.2, 0) is 17.8 Å². The van der Waals surface area contributed by atoms with Gasteiger partial charge in [-0.2, -0.15) is 0 Å². The SMILES string of the molecule is CCN(Cc1cc(C(=O)NCCCCCNC(=O)Cc2ccc3cc(OC)ccc3c2C)cc(Br)c1N)C1CCCCC1. The lowest BCUT2D eigenvalue weighted by molar-refractivity contribution is -0.120. The van der Waals surface area contributed by atoms with E-state index in [0.717, 1.165) is 70.0 Å². The van der Waals surface area contributed by atoms with Crippen molar-refractivity contribution in [1.29, 1.82) is 0 Å². The molecule has 7 nitrogen and oxygen atoms in total. The molecule has 3 aromatic rings. The maximum atomic E-state index is 13.0. The van der Waals surface area contributed by atoms with E-state index in [1.165, 1.54) is 32.1 Å². The van der Waals surface area contributed by atoms with Crippen LogP contribution in [0.4, 0.5) is 5.69 Å². The molecule has 4 rings (SSSR count). The van der Waals surface area contributed by atoms with E-state index < -0.39 is 0 Å². The number of unbranched alkanes of at least 4 members (excludes halogenated alkanes) is 2. The van der Waals surface area contributed by atoms with Crippen molar-refractivity contribution in [3.8, 4) is 5.75 Å². The van der Waals surface area contributed by atoms with Crippen LogP contribution >= 0.6 is 15.9 Å². The van der Waals surface area contributed by atoms with Gasteiger partial charge in [-0.05, 0) is 113 Å². The number of benzene rings is 3. The Labute approximate surface area is 265 Å². The van der Waals surface area contributed by atoms with E-state index in [4.69, 9.17) is 10.5 Å². The van der Waals surface area contributed by atoms with E-state index >= 15 is 0 Å². The van der Waals surface area contributed by atoms with Gasteiger partial charge in [0, 0.05) is 35.7 Å². The zero-order valence-electron chi connectivity index (χ0n) is 25.9. The smallest absolute Gasteiger partial charge is 0.251 e. The number of nitrogen functional groups attached to an aromatic ring is 1. The summed E-state index contributed by atoms with van der Waals surface area (Å²) in [6, 6.07) is 14.4. The Bertz CT molecular complexity index is 1400.